The van der Waals surface area contributed by atoms with E-state index >= 15 is 0 Å². The fraction of sp³-hybridized carbons (Fsp3) is 0.750. The molecule has 0 aromatic carbocycles. The molecule has 0 atom stereocenters. The van der Waals surface area contributed by atoms with E-state index in [0.29, 0.717) is 6.04 Å². The molecule has 0 amide bonds. The lowest BCUT2D eigenvalue weighted by Crippen LogP contribution is -2.37. The van der Waals surface area contributed by atoms with Gasteiger partial charge in [0.1, 0.15) is 0 Å². The van der Waals surface area contributed by atoms with Crippen molar-refractivity contribution >= 4 is 5.95 Å². The van der Waals surface area contributed by atoms with Crippen LogP contribution >= 0.6 is 0 Å². The van der Waals surface area contributed by atoms with Crippen molar-refractivity contribution < 1.29 is 4.74 Å². The second-order valence-electron chi connectivity index (χ2n) is 5.64. The van der Waals surface area contributed by atoms with Crippen LogP contribution < -0.4 is 10.2 Å². The maximum absolute atomic E-state index is 5.01. The zero-order valence-electron chi connectivity index (χ0n) is 13.3. The summed E-state index contributed by atoms with van der Waals surface area (Å²) >= 11 is 0. The van der Waals surface area contributed by atoms with Crippen molar-refractivity contribution in [3.63, 3.8) is 0 Å². The molecule has 5 nitrogen and oxygen atoms in total. The van der Waals surface area contributed by atoms with Crippen LogP contribution in [0.3, 0.4) is 0 Å². The van der Waals surface area contributed by atoms with Gasteiger partial charge in [0.05, 0.1) is 6.61 Å². The Morgan fingerprint density at radius 1 is 1.24 bits per heavy atom. The van der Waals surface area contributed by atoms with Gasteiger partial charge >= 0.3 is 0 Å². The van der Waals surface area contributed by atoms with Crippen molar-refractivity contribution in [3.05, 3.63) is 18.0 Å². The zero-order chi connectivity index (χ0) is 14.9. The normalized spacial score (nSPS) is 16.1. The Morgan fingerprint density at radius 2 is 1.95 bits per heavy atom. The van der Waals surface area contributed by atoms with Gasteiger partial charge < -0.3 is 15.0 Å². The van der Waals surface area contributed by atoms with Crippen molar-refractivity contribution in [1.29, 1.82) is 0 Å². The third-order valence-electron chi connectivity index (χ3n) is 4.12. The molecule has 2 rings (SSSR count). The second-order valence-corrected chi connectivity index (χ2v) is 5.64. The summed E-state index contributed by atoms with van der Waals surface area (Å²) in [5, 5.41) is 3.31. The maximum Gasteiger partial charge on any atom is 0.225 e. The van der Waals surface area contributed by atoms with Crippen LogP contribution in [0.2, 0.25) is 0 Å². The van der Waals surface area contributed by atoms with E-state index in [4.69, 9.17) is 4.74 Å². The van der Waals surface area contributed by atoms with E-state index in [1.54, 1.807) is 7.11 Å². The predicted molar refractivity (Wildman–Crippen MR) is 85.5 cm³/mol. The second kappa shape index (κ2) is 8.95. The highest BCUT2D eigenvalue weighted by atomic mass is 16.5. The molecule has 118 valence electrons. The third kappa shape index (κ3) is 4.93. The van der Waals surface area contributed by atoms with E-state index in [0.717, 1.165) is 37.8 Å². The lowest BCUT2D eigenvalue weighted by molar-refractivity contribution is 0.199. The quantitative estimate of drug-likeness (QED) is 0.746. The minimum Gasteiger partial charge on any atom is -0.383 e. The number of nitrogens with one attached hydrogen (secondary N) is 1. The van der Waals surface area contributed by atoms with Gasteiger partial charge in [0, 0.05) is 50.7 Å². The van der Waals surface area contributed by atoms with Crippen LogP contribution in [-0.2, 0) is 11.3 Å². The number of nitrogens with zero attached hydrogens (tertiary/aromatic N) is 3. The van der Waals surface area contributed by atoms with Gasteiger partial charge in [-0.3, -0.25) is 0 Å². The molecule has 0 unspecified atom stereocenters. The molecule has 0 spiro atoms. The first-order chi connectivity index (χ1) is 10.3. The molecule has 1 saturated carbocycles. The summed E-state index contributed by atoms with van der Waals surface area (Å²) in [6, 6.07) is 0.620. The molecule has 1 aromatic heterocycles. The summed E-state index contributed by atoms with van der Waals surface area (Å²) in [6.45, 7) is 5.54. The summed E-state index contributed by atoms with van der Waals surface area (Å²) in [4.78, 5) is 11.5. The van der Waals surface area contributed by atoms with Crippen LogP contribution in [0, 0.1) is 0 Å². The van der Waals surface area contributed by atoms with Crippen LogP contribution in [0.5, 0.6) is 0 Å². The average molecular weight is 292 g/mol. The van der Waals surface area contributed by atoms with E-state index in [1.807, 2.05) is 12.4 Å². The Kier molecular flexibility index (Phi) is 6.89. The van der Waals surface area contributed by atoms with Gasteiger partial charge in [-0.1, -0.05) is 19.3 Å². The number of rotatable bonds is 8. The Morgan fingerprint density at radius 3 is 2.57 bits per heavy atom. The molecule has 1 heterocycles. The third-order valence-corrected chi connectivity index (χ3v) is 4.12. The van der Waals surface area contributed by atoms with Crippen LogP contribution in [0.25, 0.3) is 0 Å². The van der Waals surface area contributed by atoms with Crippen molar-refractivity contribution in [1.82, 2.24) is 15.3 Å². The molecule has 0 saturated heterocycles. The number of hydrogen-bond acceptors (Lipinski definition) is 5. The highest BCUT2D eigenvalue weighted by molar-refractivity contribution is 5.31. The van der Waals surface area contributed by atoms with Crippen LogP contribution in [-0.4, -0.2) is 42.8 Å². The molecule has 1 fully saturated rings. The lowest BCUT2D eigenvalue weighted by atomic mass is 9.94. The number of anilines is 1. The summed E-state index contributed by atoms with van der Waals surface area (Å²) in [5.41, 5.74) is 1.12. The Bertz CT molecular complexity index is 390. The number of ether oxygens (including phenoxy) is 1. The van der Waals surface area contributed by atoms with Gasteiger partial charge in [-0.05, 0) is 19.8 Å². The van der Waals surface area contributed by atoms with E-state index < -0.39 is 0 Å². The Labute approximate surface area is 128 Å². The van der Waals surface area contributed by atoms with Gasteiger partial charge in [-0.25, -0.2) is 9.97 Å². The van der Waals surface area contributed by atoms with E-state index in [1.165, 1.54) is 32.1 Å². The summed E-state index contributed by atoms with van der Waals surface area (Å²) in [6.07, 6.45) is 10.5. The topological polar surface area (TPSA) is 50.3 Å². The number of aromatic nitrogens is 2. The fourth-order valence-corrected chi connectivity index (χ4v) is 2.95. The van der Waals surface area contributed by atoms with E-state index in [-0.39, 0.29) is 0 Å². The standard InChI is InChI=1S/C16H28N4O/c1-3-20(15-7-5-4-6-8-15)16-18-12-14(13-19-16)11-17-9-10-21-2/h12-13,15,17H,3-11H2,1-2H3. The Hall–Kier alpha value is -1.20. The van der Waals surface area contributed by atoms with Crippen molar-refractivity contribution in [2.24, 2.45) is 0 Å². The van der Waals surface area contributed by atoms with E-state index in [2.05, 4.69) is 27.1 Å². The van der Waals surface area contributed by atoms with Gasteiger partial charge in [-0.2, -0.15) is 0 Å². The van der Waals surface area contributed by atoms with Crippen molar-refractivity contribution in [3.8, 4) is 0 Å². The predicted octanol–water partition coefficient (Wildman–Crippen LogP) is 2.37. The molecule has 1 N–H and O–H groups in total. The molecule has 0 bridgehead atoms. The molecule has 21 heavy (non-hydrogen) atoms. The van der Waals surface area contributed by atoms with Crippen molar-refractivity contribution in [2.75, 3.05) is 31.7 Å². The highest BCUT2D eigenvalue weighted by Crippen LogP contribution is 2.24. The number of hydrogen-bond donors (Lipinski definition) is 1. The molecule has 0 radical (unpaired) electrons. The van der Waals surface area contributed by atoms with Gasteiger partial charge in [0.25, 0.3) is 0 Å². The molecule has 5 heteroatoms. The summed E-state index contributed by atoms with van der Waals surface area (Å²) < 4.78 is 5.01. The van der Waals surface area contributed by atoms with Gasteiger partial charge in [-0.15, -0.1) is 0 Å². The smallest absolute Gasteiger partial charge is 0.225 e. The van der Waals surface area contributed by atoms with E-state index in [9.17, 15) is 0 Å². The van der Waals surface area contributed by atoms with Crippen LogP contribution in [0.4, 0.5) is 5.95 Å². The molecule has 1 aromatic rings. The minimum absolute atomic E-state index is 0.620. The first-order valence-corrected chi connectivity index (χ1v) is 8.12. The number of methoxy groups -OCH3 is 1. The maximum atomic E-state index is 5.01. The van der Waals surface area contributed by atoms with Crippen LogP contribution in [0.15, 0.2) is 12.4 Å². The van der Waals surface area contributed by atoms with Crippen LogP contribution in [0.1, 0.15) is 44.6 Å². The molecule has 1 aliphatic carbocycles. The zero-order valence-corrected chi connectivity index (χ0v) is 13.3. The van der Waals surface area contributed by atoms with Crippen molar-refractivity contribution in [2.45, 2.75) is 51.6 Å². The SMILES string of the molecule is CCN(c1ncc(CNCCOC)cn1)C1CCCCC1. The van der Waals surface area contributed by atoms with Gasteiger partial charge in [0.2, 0.25) is 5.95 Å². The highest BCUT2D eigenvalue weighted by Gasteiger charge is 2.21. The molecular weight excluding hydrogens is 264 g/mol. The minimum atomic E-state index is 0.620. The Balaban J connectivity index is 1.89. The summed E-state index contributed by atoms with van der Waals surface area (Å²) in [5.74, 6) is 0.880. The summed E-state index contributed by atoms with van der Waals surface area (Å²) in [7, 11) is 1.71. The van der Waals surface area contributed by atoms with Gasteiger partial charge in [0.15, 0.2) is 0 Å². The fourth-order valence-electron chi connectivity index (χ4n) is 2.95. The molecule has 0 aliphatic heterocycles. The molecular formula is C16H28N4O. The first kappa shape index (κ1) is 16.2. The first-order valence-electron chi connectivity index (χ1n) is 8.12. The average Bonchev–Trinajstić information content (AvgIpc) is 2.55. The lowest BCUT2D eigenvalue weighted by Gasteiger charge is -2.33. The monoisotopic (exact) mass is 292 g/mol. The molecule has 1 aliphatic rings. The largest absolute Gasteiger partial charge is 0.383 e.